The summed E-state index contributed by atoms with van der Waals surface area (Å²) >= 11 is 0. The third-order valence-electron chi connectivity index (χ3n) is 6.28. The van der Waals surface area contributed by atoms with E-state index in [0.717, 1.165) is 11.3 Å². The van der Waals surface area contributed by atoms with Gasteiger partial charge in [-0.05, 0) is 43.2 Å². The zero-order valence-electron chi connectivity index (χ0n) is 18.6. The first kappa shape index (κ1) is 21.9. The fourth-order valence-corrected chi connectivity index (χ4v) is 4.70. The van der Waals surface area contributed by atoms with Gasteiger partial charge in [0.05, 0.1) is 17.9 Å². The Morgan fingerprint density at radius 3 is 2.79 bits per heavy atom. The molecule has 2 aliphatic rings. The van der Waals surface area contributed by atoms with Crippen LogP contribution in [0.25, 0.3) is 5.76 Å². The van der Waals surface area contributed by atoms with Crippen molar-refractivity contribution in [2.45, 2.75) is 38.5 Å². The Morgan fingerprint density at radius 1 is 1.21 bits per heavy atom. The molecule has 2 aromatic carbocycles. The summed E-state index contributed by atoms with van der Waals surface area (Å²) in [5.74, 6) is -1.70. The summed E-state index contributed by atoms with van der Waals surface area (Å²) in [5, 5.41) is 11.2. The molecular weight excluding hydrogens is 437 g/mol. The number of aryl methyl sites for hydroxylation is 1. The van der Waals surface area contributed by atoms with Crippen molar-refractivity contribution >= 4 is 17.4 Å². The Labute approximate surface area is 196 Å². The van der Waals surface area contributed by atoms with Crippen LogP contribution in [0, 0.1) is 5.82 Å². The molecular formula is C26H24FN3O4. The average molecular weight is 461 g/mol. The number of aliphatic hydroxyl groups excluding tert-OH is 1. The number of imidazole rings is 1. The summed E-state index contributed by atoms with van der Waals surface area (Å²) < 4.78 is 22.5. The molecule has 174 valence electrons. The highest BCUT2D eigenvalue weighted by molar-refractivity contribution is 6.46. The quantitative estimate of drug-likeness (QED) is 0.342. The van der Waals surface area contributed by atoms with E-state index < -0.39 is 23.5 Å². The van der Waals surface area contributed by atoms with E-state index in [9.17, 15) is 19.1 Å². The number of benzene rings is 2. The van der Waals surface area contributed by atoms with Crippen LogP contribution in [0.5, 0.6) is 5.75 Å². The Kier molecular flexibility index (Phi) is 5.65. The van der Waals surface area contributed by atoms with Crippen molar-refractivity contribution in [3.63, 3.8) is 0 Å². The van der Waals surface area contributed by atoms with Gasteiger partial charge < -0.3 is 19.3 Å². The minimum absolute atomic E-state index is 0.0203. The summed E-state index contributed by atoms with van der Waals surface area (Å²) in [4.78, 5) is 31.5. The van der Waals surface area contributed by atoms with Crippen LogP contribution < -0.4 is 4.74 Å². The monoisotopic (exact) mass is 461 g/mol. The number of aromatic nitrogens is 2. The van der Waals surface area contributed by atoms with Gasteiger partial charge in [-0.2, -0.15) is 0 Å². The number of rotatable bonds is 6. The van der Waals surface area contributed by atoms with E-state index in [1.165, 1.54) is 11.0 Å². The second-order valence-electron chi connectivity index (χ2n) is 8.62. The lowest BCUT2D eigenvalue weighted by Crippen LogP contribution is -2.31. The van der Waals surface area contributed by atoms with E-state index in [-0.39, 0.29) is 29.5 Å². The molecule has 0 saturated carbocycles. The summed E-state index contributed by atoms with van der Waals surface area (Å²) in [6.07, 6.45) is 6.36. The van der Waals surface area contributed by atoms with Crippen LogP contribution in [0.3, 0.4) is 0 Å². The van der Waals surface area contributed by atoms with Crippen molar-refractivity contribution in [2.24, 2.45) is 0 Å². The first-order valence-electron chi connectivity index (χ1n) is 11.2. The standard InChI is InChI=1S/C26H24FN3O4/c1-16-13-18-14-17(7-8-21(18)34-16)24(31)22-23(19-5-2-3-6-20(19)27)30(26(33)25(22)32)11-4-10-29-12-9-28-15-29/h2-3,5-9,12,14-16,23,31H,4,10-11,13H2,1H3/b24-22+. The maximum atomic E-state index is 14.9. The van der Waals surface area contributed by atoms with Gasteiger partial charge in [-0.3, -0.25) is 9.59 Å². The maximum absolute atomic E-state index is 14.9. The molecule has 0 bridgehead atoms. The molecule has 34 heavy (non-hydrogen) atoms. The highest BCUT2D eigenvalue weighted by atomic mass is 19.1. The third kappa shape index (κ3) is 3.85. The van der Waals surface area contributed by atoms with Crippen LogP contribution in [0.2, 0.25) is 0 Å². The van der Waals surface area contributed by atoms with Gasteiger partial charge in [0.1, 0.15) is 23.4 Å². The number of amides is 1. The second kappa shape index (κ2) is 8.78. The Bertz CT molecular complexity index is 1280. The first-order chi connectivity index (χ1) is 16.4. The lowest BCUT2D eigenvalue weighted by atomic mass is 9.94. The number of fused-ring (bicyclic) bond motifs is 1. The van der Waals surface area contributed by atoms with Gasteiger partial charge in [-0.25, -0.2) is 9.37 Å². The fourth-order valence-electron chi connectivity index (χ4n) is 4.70. The average Bonchev–Trinajstić information content (AvgIpc) is 3.53. The number of hydrogen-bond donors (Lipinski definition) is 1. The van der Waals surface area contributed by atoms with Crippen molar-refractivity contribution in [1.29, 1.82) is 0 Å². The summed E-state index contributed by atoms with van der Waals surface area (Å²) in [5.41, 5.74) is 1.37. The van der Waals surface area contributed by atoms with Gasteiger partial charge in [0.2, 0.25) is 0 Å². The lowest BCUT2D eigenvalue weighted by molar-refractivity contribution is -0.140. The molecule has 2 atom stereocenters. The molecule has 1 fully saturated rings. The van der Waals surface area contributed by atoms with E-state index in [2.05, 4.69) is 4.98 Å². The summed E-state index contributed by atoms with van der Waals surface area (Å²) in [6.45, 7) is 2.75. The maximum Gasteiger partial charge on any atom is 0.295 e. The van der Waals surface area contributed by atoms with Crippen molar-refractivity contribution in [2.75, 3.05) is 6.54 Å². The van der Waals surface area contributed by atoms with Crippen LogP contribution in [0.4, 0.5) is 4.39 Å². The number of carbonyl (C=O) groups is 2. The van der Waals surface area contributed by atoms with Gasteiger partial charge in [0.25, 0.3) is 11.7 Å². The normalized spacial score (nSPS) is 21.1. The van der Waals surface area contributed by atoms with Crippen LogP contribution in [0.1, 0.15) is 36.1 Å². The molecule has 1 N–H and O–H groups in total. The van der Waals surface area contributed by atoms with E-state index in [1.54, 1.807) is 55.1 Å². The SMILES string of the molecule is CC1Cc2cc(/C(O)=C3\C(=O)C(=O)N(CCCn4ccnc4)C3c3ccccc3F)ccc2O1. The van der Waals surface area contributed by atoms with Gasteiger partial charge in [-0.1, -0.05) is 18.2 Å². The molecule has 2 unspecified atom stereocenters. The Balaban J connectivity index is 1.54. The van der Waals surface area contributed by atoms with Gasteiger partial charge >= 0.3 is 0 Å². The summed E-state index contributed by atoms with van der Waals surface area (Å²) in [7, 11) is 0. The Morgan fingerprint density at radius 2 is 2.03 bits per heavy atom. The zero-order valence-corrected chi connectivity index (χ0v) is 18.6. The lowest BCUT2D eigenvalue weighted by Gasteiger charge is -2.25. The van der Waals surface area contributed by atoms with Gasteiger partial charge in [0.15, 0.2) is 0 Å². The number of ketones is 1. The predicted octanol–water partition coefficient (Wildman–Crippen LogP) is 3.86. The number of nitrogens with zero attached hydrogens (tertiary/aromatic N) is 3. The molecule has 5 rings (SSSR count). The topological polar surface area (TPSA) is 84.7 Å². The van der Waals surface area contributed by atoms with Gasteiger partial charge in [0, 0.05) is 43.0 Å². The van der Waals surface area contributed by atoms with E-state index in [0.29, 0.717) is 24.9 Å². The number of carbonyl (C=O) groups excluding carboxylic acids is 2. The number of aliphatic hydroxyl groups is 1. The largest absolute Gasteiger partial charge is 0.507 e. The smallest absolute Gasteiger partial charge is 0.295 e. The molecule has 1 saturated heterocycles. The number of likely N-dealkylation sites (tertiary alicyclic amines) is 1. The molecule has 3 heterocycles. The number of halogens is 1. The van der Waals surface area contributed by atoms with Gasteiger partial charge in [-0.15, -0.1) is 0 Å². The highest BCUT2D eigenvalue weighted by Crippen LogP contribution is 2.41. The van der Waals surface area contributed by atoms with E-state index >= 15 is 0 Å². The molecule has 0 aliphatic carbocycles. The van der Waals surface area contributed by atoms with Crippen LogP contribution >= 0.6 is 0 Å². The van der Waals surface area contributed by atoms with E-state index in [1.807, 2.05) is 11.5 Å². The molecule has 8 heteroatoms. The number of Topliss-reactive ketones (excluding diaryl/α,β-unsaturated/α-hetero) is 1. The summed E-state index contributed by atoms with van der Waals surface area (Å²) in [6, 6.07) is 10.2. The molecule has 0 spiro atoms. The van der Waals surface area contributed by atoms with Crippen LogP contribution in [0.15, 0.2) is 66.8 Å². The van der Waals surface area contributed by atoms with Crippen molar-refractivity contribution < 1.29 is 23.8 Å². The molecule has 1 amide bonds. The fraction of sp³-hybridized carbons (Fsp3) is 0.269. The van der Waals surface area contributed by atoms with Crippen LogP contribution in [-0.2, 0) is 22.6 Å². The van der Waals surface area contributed by atoms with Crippen molar-refractivity contribution in [1.82, 2.24) is 14.5 Å². The van der Waals surface area contributed by atoms with Crippen molar-refractivity contribution in [3.05, 3.63) is 89.3 Å². The molecule has 0 radical (unpaired) electrons. The molecule has 1 aromatic heterocycles. The van der Waals surface area contributed by atoms with Crippen molar-refractivity contribution in [3.8, 4) is 5.75 Å². The predicted molar refractivity (Wildman–Crippen MR) is 122 cm³/mol. The highest BCUT2D eigenvalue weighted by Gasteiger charge is 2.46. The number of ether oxygens (including phenoxy) is 1. The van der Waals surface area contributed by atoms with E-state index in [4.69, 9.17) is 4.74 Å². The Hall–Kier alpha value is -3.94. The zero-order chi connectivity index (χ0) is 23.8. The minimum Gasteiger partial charge on any atom is -0.507 e. The third-order valence-corrected chi connectivity index (χ3v) is 6.28. The van der Waals surface area contributed by atoms with Crippen LogP contribution in [-0.4, -0.2) is 43.9 Å². The number of hydrogen-bond acceptors (Lipinski definition) is 5. The molecule has 7 nitrogen and oxygen atoms in total. The minimum atomic E-state index is -1.02. The molecule has 3 aromatic rings. The first-order valence-corrected chi connectivity index (χ1v) is 11.2. The molecule has 2 aliphatic heterocycles. The second-order valence-corrected chi connectivity index (χ2v) is 8.62.